The molecule has 0 aliphatic carbocycles. The van der Waals surface area contributed by atoms with Gasteiger partial charge in [0.25, 0.3) is 5.56 Å². The molecule has 2 rings (SSSR count). The molecule has 0 spiro atoms. The quantitative estimate of drug-likeness (QED) is 0.709. The van der Waals surface area contributed by atoms with Crippen LogP contribution in [0.5, 0.6) is 0 Å². The van der Waals surface area contributed by atoms with Crippen LogP contribution in [-0.4, -0.2) is 39.9 Å². The number of aromatic amines is 1. The number of aryl methyl sites for hydroxylation is 1. The second kappa shape index (κ2) is 5.37. The number of nitrogens with zero attached hydrogens (tertiary/aromatic N) is 3. The zero-order valence-electron chi connectivity index (χ0n) is 11.2. The minimum atomic E-state index is -0.469. The van der Waals surface area contributed by atoms with Crippen LogP contribution < -0.4 is 16.6 Å². The van der Waals surface area contributed by atoms with Gasteiger partial charge in [-0.15, -0.1) is 0 Å². The average molecular weight is 267 g/mol. The van der Waals surface area contributed by atoms with E-state index in [9.17, 15) is 9.59 Å². The molecular formula is C11H17N5O3. The molecule has 104 valence electrons. The topological polar surface area (TPSA) is 93.9 Å². The second-order valence-electron chi connectivity index (χ2n) is 4.19. The SMILES string of the molecule is CNCc1nc2c(c(=O)[nH]c(=O)n2CCOC)n1C. The van der Waals surface area contributed by atoms with Gasteiger partial charge in [0, 0.05) is 14.2 Å². The van der Waals surface area contributed by atoms with Gasteiger partial charge in [-0.05, 0) is 7.05 Å². The van der Waals surface area contributed by atoms with Gasteiger partial charge < -0.3 is 14.6 Å². The van der Waals surface area contributed by atoms with Crippen molar-refractivity contribution in [3.8, 4) is 0 Å². The first-order valence-electron chi connectivity index (χ1n) is 5.92. The van der Waals surface area contributed by atoms with E-state index in [-0.39, 0.29) is 0 Å². The molecule has 0 saturated heterocycles. The molecule has 8 heteroatoms. The van der Waals surface area contributed by atoms with E-state index in [2.05, 4.69) is 15.3 Å². The minimum absolute atomic E-state index is 0.346. The van der Waals surface area contributed by atoms with Crippen molar-refractivity contribution in [2.24, 2.45) is 7.05 Å². The van der Waals surface area contributed by atoms with E-state index in [0.29, 0.717) is 36.7 Å². The molecular weight excluding hydrogens is 250 g/mol. The number of imidazole rings is 1. The molecule has 2 aromatic heterocycles. The lowest BCUT2D eigenvalue weighted by Gasteiger charge is -2.04. The maximum Gasteiger partial charge on any atom is 0.330 e. The standard InChI is InChI=1S/C11H17N5O3/c1-12-6-7-13-9-8(15(7)2)10(17)14-11(18)16(9)4-5-19-3/h12H,4-6H2,1-3H3,(H,14,17,18). The molecule has 0 atom stereocenters. The molecule has 0 saturated carbocycles. The largest absolute Gasteiger partial charge is 0.383 e. The lowest BCUT2D eigenvalue weighted by Crippen LogP contribution is -2.32. The fourth-order valence-electron chi connectivity index (χ4n) is 2.00. The Labute approximate surface area is 109 Å². The van der Waals surface area contributed by atoms with Crippen LogP contribution in [-0.2, 0) is 24.9 Å². The number of H-pyrrole nitrogens is 1. The maximum absolute atomic E-state index is 11.9. The molecule has 0 aliphatic heterocycles. The van der Waals surface area contributed by atoms with Gasteiger partial charge in [0.2, 0.25) is 0 Å². The maximum atomic E-state index is 11.9. The highest BCUT2D eigenvalue weighted by Gasteiger charge is 2.15. The van der Waals surface area contributed by atoms with Crippen LogP contribution in [0.3, 0.4) is 0 Å². The van der Waals surface area contributed by atoms with E-state index in [4.69, 9.17) is 4.74 Å². The van der Waals surface area contributed by atoms with Crippen molar-refractivity contribution in [2.45, 2.75) is 13.1 Å². The fourth-order valence-corrected chi connectivity index (χ4v) is 2.00. The molecule has 2 N–H and O–H groups in total. The summed E-state index contributed by atoms with van der Waals surface area (Å²) in [5, 5.41) is 2.97. The van der Waals surface area contributed by atoms with E-state index in [0.717, 1.165) is 0 Å². The highest BCUT2D eigenvalue weighted by atomic mass is 16.5. The van der Waals surface area contributed by atoms with Gasteiger partial charge in [0.15, 0.2) is 11.2 Å². The molecule has 0 bridgehead atoms. The summed E-state index contributed by atoms with van der Waals surface area (Å²) in [5.74, 6) is 0.694. The Bertz CT molecular complexity index is 697. The number of fused-ring (bicyclic) bond motifs is 1. The highest BCUT2D eigenvalue weighted by Crippen LogP contribution is 2.08. The van der Waals surface area contributed by atoms with E-state index >= 15 is 0 Å². The predicted molar refractivity (Wildman–Crippen MR) is 70.2 cm³/mol. The van der Waals surface area contributed by atoms with Crippen LogP contribution in [0.4, 0.5) is 0 Å². The highest BCUT2D eigenvalue weighted by molar-refractivity contribution is 5.70. The molecule has 0 aromatic carbocycles. The van der Waals surface area contributed by atoms with Crippen molar-refractivity contribution in [2.75, 3.05) is 20.8 Å². The first kappa shape index (κ1) is 13.5. The monoisotopic (exact) mass is 267 g/mol. The van der Waals surface area contributed by atoms with Crippen LogP contribution in [0.15, 0.2) is 9.59 Å². The number of aromatic nitrogens is 4. The summed E-state index contributed by atoms with van der Waals surface area (Å²) in [6.45, 7) is 1.24. The number of rotatable bonds is 5. The third-order valence-corrected chi connectivity index (χ3v) is 2.96. The van der Waals surface area contributed by atoms with Crippen LogP contribution in [0.25, 0.3) is 11.2 Å². The van der Waals surface area contributed by atoms with Crippen molar-refractivity contribution < 1.29 is 4.74 Å². The molecule has 0 radical (unpaired) electrons. The predicted octanol–water partition coefficient (Wildman–Crippen LogP) is -1.21. The molecule has 0 fully saturated rings. The first-order valence-corrected chi connectivity index (χ1v) is 5.92. The Balaban J connectivity index is 2.71. The Hall–Kier alpha value is -1.93. The summed E-state index contributed by atoms with van der Waals surface area (Å²) in [6, 6.07) is 0. The van der Waals surface area contributed by atoms with E-state index < -0.39 is 11.2 Å². The molecule has 2 heterocycles. The second-order valence-corrected chi connectivity index (χ2v) is 4.19. The van der Waals surface area contributed by atoms with Gasteiger partial charge in [-0.2, -0.15) is 0 Å². The summed E-state index contributed by atoms with van der Waals surface area (Å²) in [6.07, 6.45) is 0. The van der Waals surface area contributed by atoms with Crippen LogP contribution in [0, 0.1) is 0 Å². The Morgan fingerprint density at radius 3 is 2.79 bits per heavy atom. The van der Waals surface area contributed by atoms with Gasteiger partial charge in [-0.3, -0.25) is 14.3 Å². The molecule has 0 unspecified atom stereocenters. The Morgan fingerprint density at radius 2 is 2.16 bits per heavy atom. The van der Waals surface area contributed by atoms with Crippen LogP contribution >= 0.6 is 0 Å². The van der Waals surface area contributed by atoms with Gasteiger partial charge in [-0.25, -0.2) is 9.78 Å². The van der Waals surface area contributed by atoms with Crippen molar-refractivity contribution >= 4 is 11.2 Å². The van der Waals surface area contributed by atoms with Crippen molar-refractivity contribution in [1.29, 1.82) is 0 Å². The summed E-state index contributed by atoms with van der Waals surface area (Å²) in [4.78, 5) is 30.4. The Kier molecular flexibility index (Phi) is 3.82. The third kappa shape index (κ3) is 2.32. The fraction of sp³-hybridized carbons (Fsp3) is 0.545. The third-order valence-electron chi connectivity index (χ3n) is 2.96. The van der Waals surface area contributed by atoms with E-state index in [1.165, 1.54) is 4.57 Å². The minimum Gasteiger partial charge on any atom is -0.383 e. The molecule has 8 nitrogen and oxygen atoms in total. The summed E-state index contributed by atoms with van der Waals surface area (Å²) in [5.41, 5.74) is -0.116. The molecule has 0 amide bonds. The molecule has 2 aromatic rings. The van der Waals surface area contributed by atoms with Crippen molar-refractivity contribution in [1.82, 2.24) is 24.4 Å². The first-order chi connectivity index (χ1) is 9.10. The molecule has 0 aliphatic rings. The summed E-state index contributed by atoms with van der Waals surface area (Å²) < 4.78 is 8.07. The van der Waals surface area contributed by atoms with Gasteiger partial charge in [-0.1, -0.05) is 0 Å². The number of ether oxygens (including phenoxy) is 1. The van der Waals surface area contributed by atoms with E-state index in [1.54, 1.807) is 25.8 Å². The lowest BCUT2D eigenvalue weighted by atomic mass is 10.5. The van der Waals surface area contributed by atoms with Crippen LogP contribution in [0.2, 0.25) is 0 Å². The van der Waals surface area contributed by atoms with Gasteiger partial charge in [0.1, 0.15) is 5.82 Å². The van der Waals surface area contributed by atoms with Crippen molar-refractivity contribution in [3.63, 3.8) is 0 Å². The zero-order chi connectivity index (χ0) is 14.0. The van der Waals surface area contributed by atoms with E-state index in [1.807, 2.05) is 0 Å². The van der Waals surface area contributed by atoms with Gasteiger partial charge in [0.05, 0.1) is 19.7 Å². The summed E-state index contributed by atoms with van der Waals surface area (Å²) >= 11 is 0. The average Bonchev–Trinajstić information content (AvgIpc) is 2.68. The number of nitrogens with one attached hydrogen (secondary N) is 2. The lowest BCUT2D eigenvalue weighted by molar-refractivity contribution is 0.187. The number of methoxy groups -OCH3 is 1. The number of hydrogen-bond acceptors (Lipinski definition) is 5. The Morgan fingerprint density at radius 1 is 1.42 bits per heavy atom. The van der Waals surface area contributed by atoms with Gasteiger partial charge >= 0.3 is 5.69 Å². The number of hydrogen-bond donors (Lipinski definition) is 2. The zero-order valence-corrected chi connectivity index (χ0v) is 11.2. The van der Waals surface area contributed by atoms with Crippen LogP contribution in [0.1, 0.15) is 5.82 Å². The summed E-state index contributed by atoms with van der Waals surface area (Å²) in [7, 11) is 5.10. The van der Waals surface area contributed by atoms with Crippen molar-refractivity contribution in [3.05, 3.63) is 26.7 Å². The normalized spacial score (nSPS) is 11.3. The molecule has 19 heavy (non-hydrogen) atoms. The smallest absolute Gasteiger partial charge is 0.330 e.